The Balaban J connectivity index is 1.09. The quantitative estimate of drug-likeness (QED) is 0.270. The highest BCUT2D eigenvalue weighted by molar-refractivity contribution is 5.88. The van der Waals surface area contributed by atoms with Crippen molar-refractivity contribution >= 4 is 45.5 Å². The van der Waals surface area contributed by atoms with Crippen LogP contribution in [0.1, 0.15) is 39.2 Å². The fourth-order valence-corrected chi connectivity index (χ4v) is 6.09. The number of pyridine rings is 1. The highest BCUT2D eigenvalue weighted by Crippen LogP contribution is 2.35. The van der Waals surface area contributed by atoms with Gasteiger partial charge >= 0.3 is 6.09 Å². The van der Waals surface area contributed by atoms with Gasteiger partial charge in [-0.3, -0.25) is 4.90 Å². The van der Waals surface area contributed by atoms with Gasteiger partial charge in [-0.15, -0.1) is 5.10 Å². The van der Waals surface area contributed by atoms with E-state index in [2.05, 4.69) is 30.5 Å². The lowest BCUT2D eigenvalue weighted by Gasteiger charge is -2.41. The third kappa shape index (κ3) is 5.31. The molecule has 5 heterocycles. The fourth-order valence-electron chi connectivity index (χ4n) is 6.09. The summed E-state index contributed by atoms with van der Waals surface area (Å²) in [5.41, 5.74) is 4.45. The summed E-state index contributed by atoms with van der Waals surface area (Å²) in [6.07, 6.45) is 3.23. The zero-order valence-electron chi connectivity index (χ0n) is 25.5. The van der Waals surface area contributed by atoms with E-state index < -0.39 is 5.60 Å². The van der Waals surface area contributed by atoms with Gasteiger partial charge in [0.2, 0.25) is 0 Å². The molecule has 44 heavy (non-hydrogen) atoms. The molecule has 7 rings (SSSR count). The maximum absolute atomic E-state index is 12.9. The predicted octanol–water partition coefficient (Wildman–Crippen LogP) is 5.74. The summed E-state index contributed by atoms with van der Waals surface area (Å²) in [5.74, 6) is 2.90. The van der Waals surface area contributed by atoms with Gasteiger partial charge in [-0.25, -0.2) is 24.4 Å². The highest BCUT2D eigenvalue weighted by atomic mass is 16.6. The molecular formula is C32H35N9O3. The summed E-state index contributed by atoms with van der Waals surface area (Å²) in [6, 6.07) is 15.8. The van der Waals surface area contributed by atoms with Crippen LogP contribution in [0.4, 0.5) is 22.1 Å². The molecule has 1 amide bonds. The number of benzene rings is 2. The molecule has 0 saturated carbocycles. The number of nitrogens with zero attached hydrogens (tertiary/aromatic N) is 8. The number of piperazine rings is 1. The van der Waals surface area contributed by atoms with Crippen LogP contribution < -0.4 is 15.0 Å². The molecule has 2 atom stereocenters. The number of hydrogen-bond donors (Lipinski definition) is 1. The van der Waals surface area contributed by atoms with Gasteiger partial charge < -0.3 is 19.7 Å². The van der Waals surface area contributed by atoms with E-state index in [9.17, 15) is 4.79 Å². The molecule has 1 N–H and O–H groups in total. The Kier molecular flexibility index (Phi) is 6.71. The first-order chi connectivity index (χ1) is 21.1. The third-order valence-corrected chi connectivity index (χ3v) is 8.13. The van der Waals surface area contributed by atoms with Gasteiger partial charge in [0, 0.05) is 31.9 Å². The summed E-state index contributed by atoms with van der Waals surface area (Å²) >= 11 is 0. The van der Waals surface area contributed by atoms with Gasteiger partial charge in [-0.05, 0) is 88.6 Å². The number of aryl methyl sites for hydroxylation is 2. The molecule has 3 aromatic heterocycles. The molecule has 2 aliphatic rings. The molecule has 12 heteroatoms. The third-order valence-electron chi connectivity index (χ3n) is 8.13. The van der Waals surface area contributed by atoms with Crippen LogP contribution in [-0.2, 0) is 11.8 Å². The Morgan fingerprint density at radius 2 is 1.77 bits per heavy atom. The summed E-state index contributed by atoms with van der Waals surface area (Å²) in [5, 5.41) is 11.7. The maximum atomic E-state index is 12.9. The normalized spacial score (nSPS) is 18.2. The smallest absolute Gasteiger partial charge is 0.410 e. The minimum absolute atomic E-state index is 0.0944. The first-order valence-electron chi connectivity index (χ1n) is 14.8. The van der Waals surface area contributed by atoms with Crippen LogP contribution in [0.3, 0.4) is 0 Å². The van der Waals surface area contributed by atoms with Gasteiger partial charge in [0.1, 0.15) is 40.3 Å². The van der Waals surface area contributed by atoms with Crippen LogP contribution in [0.5, 0.6) is 11.5 Å². The Labute approximate surface area is 255 Å². The lowest BCUT2D eigenvalue weighted by atomic mass is 10.2. The Morgan fingerprint density at radius 3 is 2.52 bits per heavy atom. The second kappa shape index (κ2) is 10.6. The molecule has 0 aliphatic carbocycles. The molecule has 2 fully saturated rings. The standard InChI is InChI=1S/C32H35N9O3/c1-19-14-20(6-12-27(19)43-23-9-11-26-25(15-23)37-38-39(26)5)35-30-29-24(33-18-34-30)10-13-28(36-29)40-16-21-7-8-22(17-40)41(21)31(42)44-32(2,3)4/h6,9-15,18,21-22H,7-8,16-17H2,1-5H3,(H,33,34,35). The SMILES string of the molecule is Cc1cc(Nc2ncnc3ccc(N4CC5CCC(C4)N5C(=O)OC(C)(C)C)nc23)ccc1Oc1ccc2c(c1)nnn2C. The van der Waals surface area contributed by atoms with Crippen molar-refractivity contribution in [2.45, 2.75) is 58.2 Å². The van der Waals surface area contributed by atoms with Gasteiger partial charge in [0.25, 0.3) is 0 Å². The zero-order valence-corrected chi connectivity index (χ0v) is 25.5. The van der Waals surface area contributed by atoms with E-state index in [0.29, 0.717) is 30.2 Å². The first kappa shape index (κ1) is 27.8. The van der Waals surface area contributed by atoms with Crippen LogP contribution in [0.2, 0.25) is 0 Å². The average molecular weight is 594 g/mol. The number of hydrogen-bond acceptors (Lipinski definition) is 10. The summed E-state index contributed by atoms with van der Waals surface area (Å²) < 4.78 is 13.6. The molecule has 226 valence electrons. The van der Waals surface area contributed by atoms with Crippen molar-refractivity contribution in [3.05, 3.63) is 60.4 Å². The Bertz CT molecular complexity index is 1870. The largest absolute Gasteiger partial charge is 0.457 e. The number of nitrogens with one attached hydrogen (secondary N) is 1. The van der Waals surface area contributed by atoms with E-state index >= 15 is 0 Å². The van der Waals surface area contributed by atoms with Gasteiger partial charge in [-0.1, -0.05) is 5.21 Å². The molecule has 2 aliphatic heterocycles. The number of carbonyl (C=O) groups excluding carboxylic acids is 1. The van der Waals surface area contributed by atoms with E-state index in [-0.39, 0.29) is 18.2 Å². The van der Waals surface area contributed by atoms with E-state index in [0.717, 1.165) is 52.2 Å². The fraction of sp³-hybridized carbons (Fsp3) is 0.375. The van der Waals surface area contributed by atoms with E-state index in [1.54, 1.807) is 11.0 Å². The van der Waals surface area contributed by atoms with Crippen molar-refractivity contribution in [2.24, 2.45) is 7.05 Å². The lowest BCUT2D eigenvalue weighted by Crippen LogP contribution is -2.57. The predicted molar refractivity (Wildman–Crippen MR) is 167 cm³/mol. The van der Waals surface area contributed by atoms with Crippen molar-refractivity contribution in [1.82, 2.24) is 34.8 Å². The molecular weight excluding hydrogens is 558 g/mol. The number of rotatable bonds is 5. The molecule has 2 unspecified atom stereocenters. The number of carbonyl (C=O) groups is 1. The molecule has 2 bridgehead atoms. The van der Waals surface area contributed by atoms with Gasteiger partial charge in [0.15, 0.2) is 5.82 Å². The minimum atomic E-state index is -0.518. The zero-order chi connectivity index (χ0) is 30.6. The molecule has 0 radical (unpaired) electrons. The minimum Gasteiger partial charge on any atom is -0.457 e. The molecule has 12 nitrogen and oxygen atoms in total. The Hall–Kier alpha value is -5.00. The van der Waals surface area contributed by atoms with E-state index in [1.165, 1.54) is 0 Å². The topological polar surface area (TPSA) is 123 Å². The van der Waals surface area contributed by atoms with Crippen molar-refractivity contribution in [2.75, 3.05) is 23.3 Å². The van der Waals surface area contributed by atoms with Crippen LogP contribution in [0.25, 0.3) is 22.1 Å². The van der Waals surface area contributed by atoms with Gasteiger partial charge in [-0.2, -0.15) is 0 Å². The Morgan fingerprint density at radius 1 is 0.977 bits per heavy atom. The number of anilines is 3. The summed E-state index contributed by atoms with van der Waals surface area (Å²) in [4.78, 5) is 31.1. The van der Waals surface area contributed by atoms with Crippen LogP contribution in [0.15, 0.2) is 54.9 Å². The lowest BCUT2D eigenvalue weighted by molar-refractivity contribution is 0.0122. The number of amides is 1. The monoisotopic (exact) mass is 593 g/mol. The van der Waals surface area contributed by atoms with E-state index in [1.807, 2.05) is 88.2 Å². The maximum Gasteiger partial charge on any atom is 0.410 e. The van der Waals surface area contributed by atoms with Crippen LogP contribution in [-0.4, -0.2) is 71.7 Å². The summed E-state index contributed by atoms with van der Waals surface area (Å²) in [7, 11) is 1.86. The number of fused-ring (bicyclic) bond motifs is 4. The van der Waals surface area contributed by atoms with E-state index in [4.69, 9.17) is 14.5 Å². The summed E-state index contributed by atoms with van der Waals surface area (Å²) in [6.45, 7) is 9.12. The van der Waals surface area contributed by atoms with Crippen molar-refractivity contribution in [3.63, 3.8) is 0 Å². The van der Waals surface area contributed by atoms with Crippen LogP contribution >= 0.6 is 0 Å². The van der Waals surface area contributed by atoms with Crippen LogP contribution in [0, 0.1) is 6.92 Å². The number of ether oxygens (including phenoxy) is 2. The molecule has 2 saturated heterocycles. The second-order valence-electron chi connectivity index (χ2n) is 12.5. The average Bonchev–Trinajstić information content (AvgIpc) is 3.48. The number of aromatic nitrogens is 6. The first-order valence-corrected chi connectivity index (χ1v) is 14.8. The van der Waals surface area contributed by atoms with Gasteiger partial charge in [0.05, 0.1) is 23.1 Å². The van der Waals surface area contributed by atoms with Crippen molar-refractivity contribution < 1.29 is 14.3 Å². The van der Waals surface area contributed by atoms with Crippen molar-refractivity contribution in [1.29, 1.82) is 0 Å². The highest BCUT2D eigenvalue weighted by Gasteiger charge is 2.44. The molecule has 2 aromatic carbocycles. The second-order valence-corrected chi connectivity index (χ2v) is 12.5. The molecule has 0 spiro atoms. The molecule has 5 aromatic rings. The van der Waals surface area contributed by atoms with Crippen molar-refractivity contribution in [3.8, 4) is 11.5 Å².